The number of benzene rings is 1. The van der Waals surface area contributed by atoms with Crippen molar-refractivity contribution in [2.45, 2.75) is 78.6 Å². The summed E-state index contributed by atoms with van der Waals surface area (Å²) in [6, 6.07) is 3.16. The van der Waals surface area contributed by atoms with E-state index in [2.05, 4.69) is 73.4 Å². The fourth-order valence-electron chi connectivity index (χ4n) is 3.47. The van der Waals surface area contributed by atoms with Gasteiger partial charge in [0.05, 0.1) is 5.52 Å². The van der Waals surface area contributed by atoms with Crippen LogP contribution < -0.4 is 11.0 Å². The highest BCUT2D eigenvalue weighted by Crippen LogP contribution is 2.43. The molecule has 4 heteroatoms. The van der Waals surface area contributed by atoms with E-state index in [-0.39, 0.29) is 22.0 Å². The molecule has 0 aliphatic heterocycles. The van der Waals surface area contributed by atoms with Gasteiger partial charge in [-0.1, -0.05) is 68.4 Å². The molecule has 0 aliphatic rings. The van der Waals surface area contributed by atoms with Crippen LogP contribution in [0.25, 0.3) is 10.9 Å². The summed E-state index contributed by atoms with van der Waals surface area (Å²) in [6.45, 7) is 18.8. The minimum atomic E-state index is -0.740. The Balaban J connectivity index is 3.37. The molecule has 1 heterocycles. The number of hydrogen-bond donors (Lipinski definition) is 2. The quantitative estimate of drug-likeness (QED) is 0.683. The van der Waals surface area contributed by atoms with Gasteiger partial charge in [0.25, 0.3) is 5.56 Å². The Morgan fingerprint density at radius 2 is 1.27 bits per heavy atom. The molecule has 2 N–H and O–H groups in total. The lowest BCUT2D eigenvalue weighted by Gasteiger charge is -2.34. The smallest absolute Gasteiger partial charge is 0.296 e. The lowest BCUT2D eigenvalue weighted by Crippen LogP contribution is -2.26. The second-order valence-electron chi connectivity index (χ2n) is 10.2. The molecule has 0 saturated heterocycles. The van der Waals surface area contributed by atoms with Gasteiger partial charge in [-0.05, 0) is 32.9 Å². The lowest BCUT2D eigenvalue weighted by molar-refractivity contribution is 0.478. The maximum Gasteiger partial charge on any atom is 0.296 e. The second-order valence-corrected chi connectivity index (χ2v) is 10.2. The van der Waals surface area contributed by atoms with Crippen LogP contribution in [0.3, 0.4) is 0 Å². The van der Waals surface area contributed by atoms with Gasteiger partial charge in [-0.3, -0.25) is 9.59 Å². The molecule has 4 nitrogen and oxygen atoms in total. The number of aromatic amines is 1. The molecule has 0 unspecified atom stereocenters. The highest BCUT2D eigenvalue weighted by atomic mass is 16.3. The molecule has 0 atom stereocenters. The molecule has 0 aliphatic carbocycles. The van der Waals surface area contributed by atoms with Gasteiger partial charge in [-0.15, -0.1) is 0 Å². The molecule has 0 saturated carbocycles. The minimum Gasteiger partial charge on any atom is -0.507 e. The second kappa shape index (κ2) is 5.97. The van der Waals surface area contributed by atoms with E-state index in [1.54, 1.807) is 0 Å². The van der Waals surface area contributed by atoms with Crippen LogP contribution in [0.15, 0.2) is 21.7 Å². The average molecular weight is 357 g/mol. The van der Waals surface area contributed by atoms with Crippen molar-refractivity contribution in [3.05, 3.63) is 49.4 Å². The van der Waals surface area contributed by atoms with Crippen LogP contribution in [-0.2, 0) is 16.2 Å². The average Bonchev–Trinajstić information content (AvgIpc) is 2.51. The number of hydrogen-bond acceptors (Lipinski definition) is 3. The molecule has 0 spiro atoms. The third kappa shape index (κ3) is 3.55. The first-order chi connectivity index (χ1) is 11.5. The molecule has 0 radical (unpaired) electrons. The van der Waals surface area contributed by atoms with Crippen molar-refractivity contribution in [3.8, 4) is 5.75 Å². The molecular weight excluding hydrogens is 326 g/mol. The molecule has 0 amide bonds. The number of H-pyrrole nitrogens is 1. The Kier molecular flexibility index (Phi) is 4.64. The summed E-state index contributed by atoms with van der Waals surface area (Å²) in [6.07, 6.45) is 0. The van der Waals surface area contributed by atoms with E-state index < -0.39 is 11.0 Å². The maximum atomic E-state index is 12.3. The number of fused-ring (bicyclic) bond motifs is 1. The van der Waals surface area contributed by atoms with Crippen molar-refractivity contribution in [2.24, 2.45) is 0 Å². The van der Waals surface area contributed by atoms with E-state index in [1.807, 2.05) is 0 Å². The summed E-state index contributed by atoms with van der Waals surface area (Å²) in [5.74, 6) is -0.153. The normalized spacial score (nSPS) is 13.3. The van der Waals surface area contributed by atoms with E-state index in [4.69, 9.17) is 0 Å². The van der Waals surface area contributed by atoms with Gasteiger partial charge in [-0.25, -0.2) is 0 Å². The van der Waals surface area contributed by atoms with Crippen LogP contribution >= 0.6 is 0 Å². The van der Waals surface area contributed by atoms with Crippen molar-refractivity contribution < 1.29 is 5.11 Å². The van der Waals surface area contributed by atoms with Crippen LogP contribution in [0, 0.1) is 0 Å². The maximum absolute atomic E-state index is 12.3. The van der Waals surface area contributed by atoms with E-state index in [9.17, 15) is 14.7 Å². The summed E-state index contributed by atoms with van der Waals surface area (Å²) in [7, 11) is 0. The Bertz CT molecular complexity index is 978. The topological polar surface area (TPSA) is 70.2 Å². The minimum absolute atomic E-state index is 0.153. The molecule has 2 aromatic rings. The molecule has 1 aromatic heterocycles. The lowest BCUT2D eigenvalue weighted by atomic mass is 9.71. The van der Waals surface area contributed by atoms with Crippen molar-refractivity contribution in [1.82, 2.24) is 4.98 Å². The largest absolute Gasteiger partial charge is 0.507 e. The van der Waals surface area contributed by atoms with E-state index in [0.717, 1.165) is 22.8 Å². The van der Waals surface area contributed by atoms with Crippen molar-refractivity contribution in [1.29, 1.82) is 0 Å². The van der Waals surface area contributed by atoms with Crippen molar-refractivity contribution >= 4 is 10.9 Å². The third-order valence-electron chi connectivity index (χ3n) is 4.68. The summed E-state index contributed by atoms with van der Waals surface area (Å²) in [5, 5.41) is 11.3. The Hall–Kier alpha value is -2.10. The van der Waals surface area contributed by atoms with Crippen LogP contribution in [-0.4, -0.2) is 10.1 Å². The fourth-order valence-corrected chi connectivity index (χ4v) is 3.47. The first kappa shape index (κ1) is 20.2. The van der Waals surface area contributed by atoms with Gasteiger partial charge in [-0.2, -0.15) is 0 Å². The molecule has 142 valence electrons. The van der Waals surface area contributed by atoms with Gasteiger partial charge in [0.1, 0.15) is 5.75 Å². The SMILES string of the molecule is CC(C)(C)c1cc(C(C)(C)C)c2c(O)cc(=O)c(=O)[nH]c2c1C(C)(C)C. The van der Waals surface area contributed by atoms with Gasteiger partial charge < -0.3 is 10.1 Å². The zero-order chi connectivity index (χ0) is 20.2. The highest BCUT2D eigenvalue weighted by Gasteiger charge is 2.32. The predicted octanol–water partition coefficient (Wildman–Crippen LogP) is 4.49. The number of rotatable bonds is 0. The van der Waals surface area contributed by atoms with Crippen LogP contribution in [0.4, 0.5) is 0 Å². The highest BCUT2D eigenvalue weighted by molar-refractivity contribution is 5.92. The zero-order valence-electron chi connectivity index (χ0n) is 17.4. The molecule has 2 rings (SSSR count). The number of aromatic nitrogens is 1. The van der Waals surface area contributed by atoms with E-state index in [1.165, 1.54) is 0 Å². The zero-order valence-corrected chi connectivity index (χ0v) is 17.4. The van der Waals surface area contributed by atoms with Crippen LogP contribution in [0.1, 0.15) is 79.0 Å². The van der Waals surface area contributed by atoms with E-state index >= 15 is 0 Å². The third-order valence-corrected chi connectivity index (χ3v) is 4.68. The number of nitrogens with one attached hydrogen (secondary N) is 1. The summed E-state index contributed by atoms with van der Waals surface area (Å²) in [4.78, 5) is 27.2. The Morgan fingerprint density at radius 3 is 1.69 bits per heavy atom. The molecule has 1 aromatic carbocycles. The molecule has 0 fully saturated rings. The summed E-state index contributed by atoms with van der Waals surface area (Å²) in [5.41, 5.74) is 1.34. The summed E-state index contributed by atoms with van der Waals surface area (Å²) >= 11 is 0. The Morgan fingerprint density at radius 1 is 0.769 bits per heavy atom. The standard InChI is InChI=1S/C22H31NO3/c1-20(2,3)12-10-13(21(4,5)6)17(22(7,8)9)18-16(12)14(24)11-15(25)19(26)23-18/h10-11,24H,1-9H3,(H,23,25,26). The van der Waals surface area contributed by atoms with Crippen LogP contribution in [0.5, 0.6) is 5.75 Å². The molecule has 26 heavy (non-hydrogen) atoms. The predicted molar refractivity (Wildman–Crippen MR) is 109 cm³/mol. The van der Waals surface area contributed by atoms with Gasteiger partial charge in [0.15, 0.2) is 0 Å². The monoisotopic (exact) mass is 357 g/mol. The van der Waals surface area contributed by atoms with Crippen molar-refractivity contribution in [2.75, 3.05) is 0 Å². The first-order valence-electron chi connectivity index (χ1n) is 9.04. The molecular formula is C22H31NO3. The molecule has 0 bridgehead atoms. The Labute approximate surface area is 155 Å². The van der Waals surface area contributed by atoms with Gasteiger partial charge >= 0.3 is 0 Å². The van der Waals surface area contributed by atoms with Gasteiger partial charge in [0.2, 0.25) is 5.43 Å². The van der Waals surface area contributed by atoms with Crippen LogP contribution in [0.2, 0.25) is 0 Å². The fraction of sp³-hybridized carbons (Fsp3) is 0.545. The first-order valence-corrected chi connectivity index (χ1v) is 9.04. The number of aromatic hydroxyl groups is 1. The summed E-state index contributed by atoms with van der Waals surface area (Å²) < 4.78 is 0. The van der Waals surface area contributed by atoms with E-state index in [0.29, 0.717) is 10.9 Å². The van der Waals surface area contributed by atoms with Gasteiger partial charge in [0, 0.05) is 11.5 Å². The van der Waals surface area contributed by atoms with Crippen molar-refractivity contribution in [3.63, 3.8) is 0 Å².